The number of rotatable bonds is 11. The molecular formula is C29H43N3O. The molecule has 0 aromatic heterocycles. The summed E-state index contributed by atoms with van der Waals surface area (Å²) in [5.74, 6) is 1.31. The number of nitrogens with one attached hydrogen (secondary N) is 2. The topological polar surface area (TPSA) is 36.5 Å². The normalized spacial score (nSPS) is 14.7. The van der Waals surface area contributed by atoms with E-state index in [0.717, 1.165) is 67.2 Å². The highest BCUT2D eigenvalue weighted by Crippen LogP contribution is 2.30. The van der Waals surface area contributed by atoms with E-state index in [1.807, 2.05) is 19.0 Å². The minimum atomic E-state index is 0.581. The van der Waals surface area contributed by atoms with Crippen molar-refractivity contribution in [3.05, 3.63) is 83.4 Å². The second-order valence-electron chi connectivity index (χ2n) is 9.01. The molecule has 4 heteroatoms. The van der Waals surface area contributed by atoms with E-state index in [9.17, 15) is 0 Å². The molecule has 2 N–H and O–H groups in total. The molecule has 0 saturated carbocycles. The second kappa shape index (κ2) is 12.5. The third-order valence-corrected chi connectivity index (χ3v) is 6.69. The molecule has 1 aromatic rings. The van der Waals surface area contributed by atoms with Crippen molar-refractivity contribution < 1.29 is 4.74 Å². The Bertz CT molecular complexity index is 907. The minimum Gasteiger partial charge on any atom is -0.381 e. The van der Waals surface area contributed by atoms with E-state index in [0.29, 0.717) is 5.92 Å². The molecule has 0 amide bonds. The molecule has 0 spiro atoms. The van der Waals surface area contributed by atoms with Crippen molar-refractivity contribution in [3.63, 3.8) is 0 Å². The fraction of sp³-hybridized carbons (Fsp3) is 0.448. The van der Waals surface area contributed by atoms with Crippen LogP contribution < -0.4 is 10.6 Å². The Morgan fingerprint density at radius 3 is 2.00 bits per heavy atom. The van der Waals surface area contributed by atoms with E-state index in [-0.39, 0.29) is 0 Å². The van der Waals surface area contributed by atoms with E-state index in [4.69, 9.17) is 4.74 Å². The number of hydrogen-bond donors (Lipinski definition) is 2. The van der Waals surface area contributed by atoms with Gasteiger partial charge in [0.05, 0.1) is 0 Å². The smallest absolute Gasteiger partial charge is 0.100 e. The number of allylic oxidation sites excluding steroid dienone is 3. The molecule has 0 aliphatic carbocycles. The predicted molar refractivity (Wildman–Crippen MR) is 143 cm³/mol. The van der Waals surface area contributed by atoms with E-state index in [1.54, 1.807) is 0 Å². The van der Waals surface area contributed by atoms with E-state index in [2.05, 4.69) is 82.3 Å². The summed E-state index contributed by atoms with van der Waals surface area (Å²) >= 11 is 0. The molecular weight excluding hydrogens is 406 g/mol. The van der Waals surface area contributed by atoms with Gasteiger partial charge in [0.15, 0.2) is 0 Å². The first-order valence-corrected chi connectivity index (χ1v) is 12.1. The molecule has 0 bridgehead atoms. The van der Waals surface area contributed by atoms with Gasteiger partial charge in [0.1, 0.15) is 5.82 Å². The number of nitrogens with zero attached hydrogens (tertiary/aromatic N) is 1. The highest BCUT2D eigenvalue weighted by molar-refractivity contribution is 5.67. The molecule has 1 aromatic carbocycles. The summed E-state index contributed by atoms with van der Waals surface area (Å²) in [5.41, 5.74) is 9.27. The monoisotopic (exact) mass is 449 g/mol. The number of hydrogen-bond acceptors (Lipinski definition) is 4. The van der Waals surface area contributed by atoms with Crippen molar-refractivity contribution in [1.82, 2.24) is 15.5 Å². The highest BCUT2D eigenvalue weighted by Gasteiger charge is 2.19. The fourth-order valence-corrected chi connectivity index (χ4v) is 4.24. The SMILES string of the molecule is C=C(NC(=C)c1ccc(C(=C)N(C)C)cc1)NC(=C(CC)CC)/C(C)=C(\C)C1CCOCC1. The third-order valence-electron chi connectivity index (χ3n) is 6.69. The summed E-state index contributed by atoms with van der Waals surface area (Å²) in [5, 5.41) is 6.95. The molecule has 1 aliphatic rings. The molecule has 180 valence electrons. The summed E-state index contributed by atoms with van der Waals surface area (Å²) in [7, 11) is 4.00. The van der Waals surface area contributed by atoms with E-state index in [1.165, 1.54) is 22.4 Å². The van der Waals surface area contributed by atoms with Crippen LogP contribution >= 0.6 is 0 Å². The van der Waals surface area contributed by atoms with Gasteiger partial charge in [0.2, 0.25) is 0 Å². The molecule has 0 unspecified atom stereocenters. The summed E-state index contributed by atoms with van der Waals surface area (Å²) in [6, 6.07) is 8.27. The summed E-state index contributed by atoms with van der Waals surface area (Å²) < 4.78 is 5.57. The first-order valence-electron chi connectivity index (χ1n) is 12.1. The van der Waals surface area contributed by atoms with Gasteiger partial charge in [-0.3, -0.25) is 0 Å². The minimum absolute atomic E-state index is 0.581. The molecule has 1 heterocycles. The third kappa shape index (κ3) is 7.13. The van der Waals surface area contributed by atoms with Crippen LogP contribution in [-0.4, -0.2) is 32.2 Å². The zero-order chi connectivity index (χ0) is 24.5. The zero-order valence-electron chi connectivity index (χ0n) is 21.6. The Hall–Kier alpha value is -2.72. The van der Waals surface area contributed by atoms with Crippen LogP contribution in [0.5, 0.6) is 0 Å². The van der Waals surface area contributed by atoms with Gasteiger partial charge in [-0.05, 0) is 67.7 Å². The largest absolute Gasteiger partial charge is 0.381 e. The van der Waals surface area contributed by atoms with Crippen LogP contribution in [0.2, 0.25) is 0 Å². The van der Waals surface area contributed by atoms with Crippen LogP contribution in [0.3, 0.4) is 0 Å². The quantitative estimate of drug-likeness (QED) is 0.370. The van der Waals surface area contributed by atoms with Crippen molar-refractivity contribution in [2.24, 2.45) is 5.92 Å². The molecule has 4 nitrogen and oxygen atoms in total. The molecule has 1 saturated heterocycles. The standard InChI is InChI=1S/C29H43N3O/c1-10-25(11-2)29(21(4)20(3)26-16-18-33-19-17-26)31-24(7)30-22(5)27-12-14-28(15-13-27)23(6)32(8)9/h12-15,26,30-31H,5-7,10-11,16-19H2,1-4,8-9H3/b21-20+. The number of ether oxygens (including phenoxy) is 1. The molecule has 0 radical (unpaired) electrons. The molecule has 33 heavy (non-hydrogen) atoms. The molecule has 0 atom stereocenters. The average Bonchev–Trinajstić information content (AvgIpc) is 2.83. The van der Waals surface area contributed by atoms with Gasteiger partial charge in [-0.1, -0.05) is 63.4 Å². The van der Waals surface area contributed by atoms with Gasteiger partial charge in [0.25, 0.3) is 0 Å². The van der Waals surface area contributed by atoms with Crippen molar-refractivity contribution >= 4 is 11.4 Å². The Kier molecular flexibility index (Phi) is 10.1. The maximum absolute atomic E-state index is 5.57. The lowest BCUT2D eigenvalue weighted by atomic mass is 9.87. The lowest BCUT2D eigenvalue weighted by Gasteiger charge is -2.27. The molecule has 1 aliphatic heterocycles. The van der Waals surface area contributed by atoms with Crippen molar-refractivity contribution in [3.8, 4) is 0 Å². The van der Waals surface area contributed by atoms with Crippen LogP contribution in [0, 0.1) is 5.92 Å². The first kappa shape index (κ1) is 26.5. The van der Waals surface area contributed by atoms with Gasteiger partial charge in [-0.25, -0.2) is 0 Å². The first-order chi connectivity index (χ1) is 15.7. The summed E-state index contributed by atoms with van der Waals surface area (Å²) in [4.78, 5) is 2.01. The van der Waals surface area contributed by atoms with Crippen LogP contribution in [-0.2, 0) is 4.74 Å². The van der Waals surface area contributed by atoms with E-state index >= 15 is 0 Å². The number of benzene rings is 1. The summed E-state index contributed by atoms with van der Waals surface area (Å²) in [6.45, 7) is 23.3. The van der Waals surface area contributed by atoms with Crippen LogP contribution in [0.4, 0.5) is 0 Å². The van der Waals surface area contributed by atoms with Crippen molar-refractivity contribution in [1.29, 1.82) is 0 Å². The van der Waals surface area contributed by atoms with Gasteiger partial charge in [-0.15, -0.1) is 0 Å². The predicted octanol–water partition coefficient (Wildman–Crippen LogP) is 6.68. The Morgan fingerprint density at radius 1 is 0.939 bits per heavy atom. The fourth-order valence-electron chi connectivity index (χ4n) is 4.24. The second-order valence-corrected chi connectivity index (χ2v) is 9.01. The molecule has 1 fully saturated rings. The van der Waals surface area contributed by atoms with Gasteiger partial charge >= 0.3 is 0 Å². The Balaban J connectivity index is 2.17. The maximum atomic E-state index is 5.57. The maximum Gasteiger partial charge on any atom is 0.100 e. The summed E-state index contributed by atoms with van der Waals surface area (Å²) in [6.07, 6.45) is 4.19. The van der Waals surface area contributed by atoms with Gasteiger partial charge in [-0.2, -0.15) is 0 Å². The van der Waals surface area contributed by atoms with Crippen molar-refractivity contribution in [2.45, 2.75) is 53.4 Å². The highest BCUT2D eigenvalue weighted by atomic mass is 16.5. The Morgan fingerprint density at radius 2 is 1.48 bits per heavy atom. The average molecular weight is 450 g/mol. The Labute approximate surface area is 201 Å². The lowest BCUT2D eigenvalue weighted by Crippen LogP contribution is -2.26. The van der Waals surface area contributed by atoms with Gasteiger partial charge in [0, 0.05) is 44.4 Å². The van der Waals surface area contributed by atoms with Crippen molar-refractivity contribution in [2.75, 3.05) is 27.3 Å². The molecule has 2 rings (SSSR count). The zero-order valence-corrected chi connectivity index (χ0v) is 21.6. The van der Waals surface area contributed by atoms with Crippen LogP contribution in [0.1, 0.15) is 64.5 Å². The van der Waals surface area contributed by atoms with Crippen LogP contribution in [0.15, 0.2) is 72.2 Å². The van der Waals surface area contributed by atoms with Crippen LogP contribution in [0.25, 0.3) is 11.4 Å². The van der Waals surface area contributed by atoms with Gasteiger partial charge < -0.3 is 20.3 Å². The lowest BCUT2D eigenvalue weighted by molar-refractivity contribution is 0.0755. The van der Waals surface area contributed by atoms with E-state index < -0.39 is 0 Å².